The molecule has 0 unspecified atom stereocenters. The summed E-state index contributed by atoms with van der Waals surface area (Å²) >= 11 is 0. The first-order valence-electron chi connectivity index (χ1n) is 5.37. The summed E-state index contributed by atoms with van der Waals surface area (Å²) in [5, 5.41) is 9.69. The molecule has 0 radical (unpaired) electrons. The van der Waals surface area contributed by atoms with Crippen molar-refractivity contribution in [3.8, 4) is 5.75 Å². The van der Waals surface area contributed by atoms with Crippen molar-refractivity contribution in [2.75, 3.05) is 26.3 Å². The van der Waals surface area contributed by atoms with Gasteiger partial charge >= 0.3 is 0 Å². The first-order chi connectivity index (χ1) is 7.79. The third kappa shape index (κ3) is 2.59. The third-order valence-electron chi connectivity index (χ3n) is 2.74. The summed E-state index contributed by atoms with van der Waals surface area (Å²) in [5.41, 5.74) is 1.40. The van der Waals surface area contributed by atoms with Crippen LogP contribution in [0.1, 0.15) is 15.9 Å². The SMILES string of the molecule is O=Cc1ccc(O)c(CN2CCOCC2)c1. The number of phenols is 1. The number of aldehydes is 1. The average molecular weight is 221 g/mol. The maximum atomic E-state index is 10.6. The molecule has 0 bridgehead atoms. The molecular weight excluding hydrogens is 206 g/mol. The lowest BCUT2D eigenvalue weighted by molar-refractivity contribution is 0.0339. The standard InChI is InChI=1S/C12H15NO3/c14-9-10-1-2-12(15)11(7-10)8-13-3-5-16-6-4-13/h1-2,7,9,15H,3-6,8H2. The molecule has 1 heterocycles. The summed E-state index contributed by atoms with van der Waals surface area (Å²) in [5.74, 6) is 0.247. The van der Waals surface area contributed by atoms with Gasteiger partial charge in [0.2, 0.25) is 0 Å². The van der Waals surface area contributed by atoms with E-state index in [1.165, 1.54) is 0 Å². The summed E-state index contributed by atoms with van der Waals surface area (Å²) in [6, 6.07) is 4.92. The van der Waals surface area contributed by atoms with Crippen molar-refractivity contribution in [1.82, 2.24) is 4.90 Å². The minimum absolute atomic E-state index is 0.247. The van der Waals surface area contributed by atoms with E-state index in [0.717, 1.165) is 38.2 Å². The van der Waals surface area contributed by atoms with Gasteiger partial charge in [-0.2, -0.15) is 0 Å². The third-order valence-corrected chi connectivity index (χ3v) is 2.74. The van der Waals surface area contributed by atoms with Crippen molar-refractivity contribution in [2.45, 2.75) is 6.54 Å². The maximum absolute atomic E-state index is 10.6. The Morgan fingerprint density at radius 2 is 2.12 bits per heavy atom. The first-order valence-corrected chi connectivity index (χ1v) is 5.37. The highest BCUT2D eigenvalue weighted by Crippen LogP contribution is 2.20. The molecule has 4 nitrogen and oxygen atoms in total. The van der Waals surface area contributed by atoms with Crippen LogP contribution in [0.15, 0.2) is 18.2 Å². The molecule has 1 saturated heterocycles. The number of hydrogen-bond donors (Lipinski definition) is 1. The molecule has 1 fully saturated rings. The molecule has 0 aliphatic carbocycles. The van der Waals surface area contributed by atoms with Gasteiger partial charge in [0, 0.05) is 30.8 Å². The number of morpholine rings is 1. The molecule has 2 rings (SSSR count). The quantitative estimate of drug-likeness (QED) is 0.775. The number of carbonyl (C=O) groups excluding carboxylic acids is 1. The van der Waals surface area contributed by atoms with E-state index in [-0.39, 0.29) is 5.75 Å². The fourth-order valence-corrected chi connectivity index (χ4v) is 1.81. The van der Waals surface area contributed by atoms with Crippen molar-refractivity contribution in [3.63, 3.8) is 0 Å². The Bertz CT molecular complexity index is 373. The van der Waals surface area contributed by atoms with E-state index in [9.17, 15) is 9.90 Å². The number of carbonyl (C=O) groups is 1. The van der Waals surface area contributed by atoms with Crippen LogP contribution in [0.5, 0.6) is 5.75 Å². The number of aromatic hydroxyl groups is 1. The van der Waals surface area contributed by atoms with Gasteiger partial charge in [-0.1, -0.05) is 0 Å². The maximum Gasteiger partial charge on any atom is 0.150 e. The van der Waals surface area contributed by atoms with E-state index in [2.05, 4.69) is 4.90 Å². The van der Waals surface area contributed by atoms with Gasteiger partial charge in [0.05, 0.1) is 13.2 Å². The van der Waals surface area contributed by atoms with Crippen LogP contribution >= 0.6 is 0 Å². The minimum atomic E-state index is 0.247. The molecule has 1 aromatic rings. The lowest BCUT2D eigenvalue weighted by Gasteiger charge is -2.26. The number of benzene rings is 1. The van der Waals surface area contributed by atoms with E-state index < -0.39 is 0 Å². The van der Waals surface area contributed by atoms with Gasteiger partial charge in [0.15, 0.2) is 0 Å². The average Bonchev–Trinajstić information content (AvgIpc) is 2.33. The summed E-state index contributed by atoms with van der Waals surface area (Å²) in [6.45, 7) is 3.86. The lowest BCUT2D eigenvalue weighted by atomic mass is 10.1. The van der Waals surface area contributed by atoms with Crippen LogP contribution in [0.4, 0.5) is 0 Å². The van der Waals surface area contributed by atoms with Crippen LogP contribution in [0.2, 0.25) is 0 Å². The summed E-state index contributed by atoms with van der Waals surface area (Å²) < 4.78 is 5.25. The van der Waals surface area contributed by atoms with E-state index in [1.807, 2.05) is 0 Å². The van der Waals surface area contributed by atoms with Gasteiger partial charge < -0.3 is 9.84 Å². The molecule has 1 aromatic carbocycles. The molecule has 0 aromatic heterocycles. The van der Waals surface area contributed by atoms with Crippen LogP contribution in [-0.4, -0.2) is 42.6 Å². The molecule has 0 spiro atoms. The second-order valence-electron chi connectivity index (χ2n) is 3.89. The summed E-state index contributed by atoms with van der Waals surface area (Å²) in [7, 11) is 0. The normalized spacial score (nSPS) is 17.2. The Morgan fingerprint density at radius 3 is 2.81 bits per heavy atom. The fourth-order valence-electron chi connectivity index (χ4n) is 1.81. The predicted molar refractivity (Wildman–Crippen MR) is 59.6 cm³/mol. The monoisotopic (exact) mass is 221 g/mol. The van der Waals surface area contributed by atoms with E-state index >= 15 is 0 Å². The topological polar surface area (TPSA) is 49.8 Å². The zero-order valence-electron chi connectivity index (χ0n) is 9.06. The molecule has 86 valence electrons. The van der Waals surface area contributed by atoms with E-state index in [1.54, 1.807) is 18.2 Å². The minimum Gasteiger partial charge on any atom is -0.508 e. The van der Waals surface area contributed by atoms with Crippen LogP contribution < -0.4 is 0 Å². The van der Waals surface area contributed by atoms with Crippen LogP contribution in [0, 0.1) is 0 Å². The second-order valence-corrected chi connectivity index (χ2v) is 3.89. The van der Waals surface area contributed by atoms with Crippen molar-refractivity contribution < 1.29 is 14.6 Å². The number of rotatable bonds is 3. The number of nitrogens with zero attached hydrogens (tertiary/aromatic N) is 1. The van der Waals surface area contributed by atoms with Crippen molar-refractivity contribution in [2.24, 2.45) is 0 Å². The van der Waals surface area contributed by atoms with Crippen LogP contribution in [0.25, 0.3) is 0 Å². The zero-order chi connectivity index (χ0) is 11.4. The molecule has 0 amide bonds. The molecule has 0 atom stereocenters. The van der Waals surface area contributed by atoms with Crippen LogP contribution in [0.3, 0.4) is 0 Å². The number of phenolic OH excluding ortho intramolecular Hbond substituents is 1. The largest absolute Gasteiger partial charge is 0.508 e. The van der Waals surface area contributed by atoms with Crippen molar-refractivity contribution >= 4 is 6.29 Å². The van der Waals surface area contributed by atoms with E-state index in [4.69, 9.17) is 4.74 Å². The Labute approximate surface area is 94.4 Å². The van der Waals surface area contributed by atoms with Crippen molar-refractivity contribution in [3.05, 3.63) is 29.3 Å². The van der Waals surface area contributed by atoms with Gasteiger partial charge in [0.25, 0.3) is 0 Å². The van der Waals surface area contributed by atoms with Gasteiger partial charge in [-0.25, -0.2) is 0 Å². The molecule has 16 heavy (non-hydrogen) atoms. The highest BCUT2D eigenvalue weighted by Gasteiger charge is 2.12. The molecule has 1 N–H and O–H groups in total. The molecule has 0 saturated carbocycles. The molecular formula is C12H15NO3. The first kappa shape index (κ1) is 11.1. The fraction of sp³-hybridized carbons (Fsp3) is 0.417. The Hall–Kier alpha value is -1.39. The zero-order valence-corrected chi connectivity index (χ0v) is 9.06. The van der Waals surface area contributed by atoms with Gasteiger partial charge in [-0.05, 0) is 18.2 Å². The Balaban J connectivity index is 2.09. The Morgan fingerprint density at radius 1 is 1.38 bits per heavy atom. The molecule has 4 heteroatoms. The smallest absolute Gasteiger partial charge is 0.150 e. The van der Waals surface area contributed by atoms with E-state index in [0.29, 0.717) is 12.1 Å². The molecule has 1 aliphatic rings. The number of ether oxygens (including phenoxy) is 1. The van der Waals surface area contributed by atoms with Crippen molar-refractivity contribution in [1.29, 1.82) is 0 Å². The number of hydrogen-bond acceptors (Lipinski definition) is 4. The van der Waals surface area contributed by atoms with Gasteiger partial charge in [-0.3, -0.25) is 9.69 Å². The van der Waals surface area contributed by atoms with Gasteiger partial charge in [-0.15, -0.1) is 0 Å². The molecule has 1 aliphatic heterocycles. The van der Waals surface area contributed by atoms with Gasteiger partial charge in [0.1, 0.15) is 12.0 Å². The Kier molecular flexibility index (Phi) is 3.54. The second kappa shape index (κ2) is 5.09. The highest BCUT2D eigenvalue weighted by atomic mass is 16.5. The lowest BCUT2D eigenvalue weighted by Crippen LogP contribution is -2.35. The highest BCUT2D eigenvalue weighted by molar-refractivity contribution is 5.75. The van der Waals surface area contributed by atoms with Crippen LogP contribution in [-0.2, 0) is 11.3 Å². The predicted octanol–water partition coefficient (Wildman–Crippen LogP) is 1.04. The summed E-state index contributed by atoms with van der Waals surface area (Å²) in [4.78, 5) is 12.8. The summed E-state index contributed by atoms with van der Waals surface area (Å²) in [6.07, 6.45) is 0.794.